The van der Waals surface area contributed by atoms with Gasteiger partial charge < -0.3 is 31.0 Å². The third-order valence-electron chi connectivity index (χ3n) is 6.26. The average molecular weight is 600 g/mol. The molecule has 0 spiro atoms. The van der Waals surface area contributed by atoms with Gasteiger partial charge in [0.25, 0.3) is 11.8 Å². The molecule has 2 aliphatic heterocycles. The van der Waals surface area contributed by atoms with Crippen LogP contribution in [0.15, 0.2) is 16.4 Å². The summed E-state index contributed by atoms with van der Waals surface area (Å²) in [5.74, 6) is -2.51. The van der Waals surface area contributed by atoms with Crippen molar-refractivity contribution in [3.05, 3.63) is 17.1 Å². The van der Waals surface area contributed by atoms with E-state index in [0.29, 0.717) is 0 Å². The minimum absolute atomic E-state index is 0.0505. The number of unbranched alkanes of at least 4 members (excludes halogenated alkanes) is 3. The lowest BCUT2D eigenvalue weighted by Crippen LogP contribution is -2.71. The SMILES string of the molecule is CCCCN(CCCC)CCCC.CO/N=C(\C(=O)NC1C(=O)N2C(C(=O)O)=C(CO)CS[C@H]12)c1nsc(N)n1. The lowest BCUT2D eigenvalue weighted by atomic mass is 10.0. The number of β-lactam (4-membered cyclic amide) rings is 1. The van der Waals surface area contributed by atoms with Gasteiger partial charge in [0, 0.05) is 17.3 Å². The summed E-state index contributed by atoms with van der Waals surface area (Å²) in [4.78, 5) is 48.6. The predicted octanol–water partition coefficient (Wildman–Crippen LogP) is 1.89. The highest BCUT2D eigenvalue weighted by atomic mass is 32.2. The van der Waals surface area contributed by atoms with Gasteiger partial charge in [-0.25, -0.2) is 4.79 Å². The largest absolute Gasteiger partial charge is 0.477 e. The topological polar surface area (TPSA) is 184 Å². The molecule has 1 unspecified atom stereocenters. The monoisotopic (exact) mass is 599 g/mol. The lowest BCUT2D eigenvalue weighted by Gasteiger charge is -2.49. The van der Waals surface area contributed by atoms with Crippen molar-refractivity contribution in [2.45, 2.75) is 70.7 Å². The van der Waals surface area contributed by atoms with E-state index in [1.54, 1.807) is 0 Å². The minimum atomic E-state index is -1.31. The molecule has 1 aromatic heterocycles. The number of aliphatic hydroxyl groups is 1. The number of oxime groups is 1. The van der Waals surface area contributed by atoms with Crippen molar-refractivity contribution in [1.82, 2.24) is 24.5 Å². The highest BCUT2D eigenvalue weighted by Gasteiger charge is 2.54. The van der Waals surface area contributed by atoms with E-state index < -0.39 is 35.8 Å². The van der Waals surface area contributed by atoms with Gasteiger partial charge in [0.15, 0.2) is 5.13 Å². The molecule has 13 nitrogen and oxygen atoms in total. The number of aliphatic carboxylic acids is 1. The van der Waals surface area contributed by atoms with Gasteiger partial charge in [-0.3, -0.25) is 14.5 Å². The Morgan fingerprint density at radius 3 is 2.23 bits per heavy atom. The van der Waals surface area contributed by atoms with Gasteiger partial charge >= 0.3 is 5.97 Å². The Kier molecular flexibility index (Phi) is 14.3. The van der Waals surface area contributed by atoms with Crippen LogP contribution in [0.3, 0.4) is 0 Å². The van der Waals surface area contributed by atoms with E-state index in [0.717, 1.165) is 16.4 Å². The number of carboxylic acids is 1. The molecule has 0 bridgehead atoms. The van der Waals surface area contributed by atoms with E-state index in [2.05, 4.69) is 50.3 Å². The van der Waals surface area contributed by atoms with E-state index in [1.807, 2.05) is 0 Å². The van der Waals surface area contributed by atoms with Crippen LogP contribution in [0, 0.1) is 0 Å². The molecule has 0 saturated carbocycles. The summed E-state index contributed by atoms with van der Waals surface area (Å²) in [6.07, 6.45) is 8.09. The van der Waals surface area contributed by atoms with Crippen LogP contribution in [-0.4, -0.2) is 103 Å². The lowest BCUT2D eigenvalue weighted by molar-refractivity contribution is -0.150. The molecule has 0 radical (unpaired) electrons. The Bertz CT molecular complexity index is 1050. The maximum atomic E-state index is 12.5. The summed E-state index contributed by atoms with van der Waals surface area (Å²) in [5.41, 5.74) is 5.23. The molecule has 3 heterocycles. The Balaban J connectivity index is 0.000000366. The van der Waals surface area contributed by atoms with Crippen molar-refractivity contribution in [3.8, 4) is 0 Å². The zero-order valence-electron chi connectivity index (χ0n) is 23.6. The molecule has 0 aliphatic carbocycles. The molecule has 0 aromatic carbocycles. The molecule has 5 N–H and O–H groups in total. The number of nitrogens with two attached hydrogens (primary N) is 1. The summed E-state index contributed by atoms with van der Waals surface area (Å²) >= 11 is 2.10. The third-order valence-corrected chi connectivity index (χ3v) is 8.14. The fourth-order valence-corrected chi connectivity index (χ4v) is 5.87. The van der Waals surface area contributed by atoms with E-state index >= 15 is 0 Å². The number of nitrogens with zero attached hydrogens (tertiary/aromatic N) is 5. The minimum Gasteiger partial charge on any atom is -0.477 e. The number of carbonyl (C=O) groups excluding carboxylic acids is 2. The van der Waals surface area contributed by atoms with Crippen molar-refractivity contribution in [2.24, 2.45) is 5.16 Å². The summed E-state index contributed by atoms with van der Waals surface area (Å²) in [7, 11) is 1.23. The van der Waals surface area contributed by atoms with Crippen LogP contribution in [0.1, 0.15) is 65.1 Å². The van der Waals surface area contributed by atoms with Gasteiger partial charge in [-0.2, -0.15) is 9.36 Å². The third kappa shape index (κ3) is 8.88. The quantitative estimate of drug-likeness (QED) is 0.131. The number of rotatable bonds is 15. The fraction of sp³-hybridized carbons (Fsp3) is 0.680. The maximum absolute atomic E-state index is 12.5. The van der Waals surface area contributed by atoms with Crippen molar-refractivity contribution in [1.29, 1.82) is 0 Å². The first-order valence-electron chi connectivity index (χ1n) is 13.5. The van der Waals surface area contributed by atoms with E-state index in [-0.39, 0.29) is 33.7 Å². The van der Waals surface area contributed by atoms with Crippen molar-refractivity contribution in [3.63, 3.8) is 0 Å². The number of amides is 2. The van der Waals surface area contributed by atoms with Gasteiger partial charge in [0.1, 0.15) is 24.2 Å². The van der Waals surface area contributed by atoms with E-state index in [4.69, 9.17) is 5.73 Å². The molecule has 2 atom stereocenters. The number of fused-ring (bicyclic) bond motifs is 1. The van der Waals surface area contributed by atoms with Gasteiger partial charge in [-0.15, -0.1) is 11.8 Å². The summed E-state index contributed by atoms with van der Waals surface area (Å²) in [6, 6.07) is -0.963. The molecule has 15 heteroatoms. The summed E-state index contributed by atoms with van der Waals surface area (Å²) < 4.78 is 3.88. The molecule has 224 valence electrons. The smallest absolute Gasteiger partial charge is 0.352 e. The Labute approximate surface area is 243 Å². The van der Waals surface area contributed by atoms with Crippen molar-refractivity contribution < 1.29 is 29.4 Å². The van der Waals surface area contributed by atoms with Crippen LogP contribution in [0.25, 0.3) is 0 Å². The molecule has 40 heavy (non-hydrogen) atoms. The molecule has 1 saturated heterocycles. The Hall–Kier alpha value is -2.75. The Morgan fingerprint density at radius 1 is 1.18 bits per heavy atom. The number of anilines is 1. The van der Waals surface area contributed by atoms with Crippen LogP contribution < -0.4 is 11.1 Å². The Morgan fingerprint density at radius 2 is 1.77 bits per heavy atom. The van der Waals surface area contributed by atoms with Gasteiger partial charge in [0.2, 0.25) is 11.5 Å². The number of aromatic nitrogens is 2. The number of hydrogen-bond donors (Lipinski definition) is 4. The van der Waals surface area contributed by atoms with Crippen LogP contribution in [-0.2, 0) is 19.2 Å². The van der Waals surface area contributed by atoms with Crippen LogP contribution >= 0.6 is 23.3 Å². The second kappa shape index (κ2) is 17.1. The number of aliphatic hydroxyl groups excluding tert-OH is 1. The normalized spacial score (nSPS) is 18.6. The highest BCUT2D eigenvalue weighted by Crippen LogP contribution is 2.40. The zero-order chi connectivity index (χ0) is 29.7. The zero-order valence-corrected chi connectivity index (χ0v) is 25.2. The first kappa shape index (κ1) is 33.5. The number of hydrogen-bond acceptors (Lipinski definition) is 12. The highest BCUT2D eigenvalue weighted by molar-refractivity contribution is 8.00. The average Bonchev–Trinajstić information content (AvgIpc) is 3.38. The molecule has 1 fully saturated rings. The second-order valence-electron chi connectivity index (χ2n) is 9.26. The van der Waals surface area contributed by atoms with Crippen LogP contribution in [0.4, 0.5) is 5.13 Å². The number of nitrogen functional groups attached to an aromatic ring is 1. The van der Waals surface area contributed by atoms with E-state index in [1.165, 1.54) is 77.0 Å². The van der Waals surface area contributed by atoms with Crippen molar-refractivity contribution >= 4 is 51.9 Å². The second-order valence-corrected chi connectivity index (χ2v) is 11.1. The van der Waals surface area contributed by atoms with E-state index in [9.17, 15) is 24.6 Å². The first-order chi connectivity index (χ1) is 19.2. The van der Waals surface area contributed by atoms with Crippen LogP contribution in [0.2, 0.25) is 0 Å². The number of carboxylic acid groups (broad SMARTS) is 1. The summed E-state index contributed by atoms with van der Waals surface area (Å²) in [6.45, 7) is 10.3. The molecule has 2 aliphatic rings. The molecule has 1 aromatic rings. The van der Waals surface area contributed by atoms with Crippen molar-refractivity contribution in [2.75, 3.05) is 44.8 Å². The molecular formula is C25H41N7O6S2. The molecular weight excluding hydrogens is 558 g/mol. The molecule has 2 amide bonds. The standard InChI is InChI=1S/C13H14N6O6S2.C12H27N/c1-25-17-5(8-16-13(14)27-18-8)9(21)15-6-10(22)19-7(12(23)24)4(2-20)3-26-11(6)19;1-4-7-10-13(11-8-5-2)12-9-6-3/h6,11,20H,2-3H2,1H3,(H,15,21)(H,23,24)(H2,14,16,18);4-12H2,1-3H3/b17-5-;/t6?,11-;/m1./s1. The van der Waals surface area contributed by atoms with Gasteiger partial charge in [-0.1, -0.05) is 45.2 Å². The number of nitrogens with one attached hydrogen (secondary N) is 1. The number of thioether (sulfide) groups is 1. The molecule has 3 rings (SSSR count). The maximum Gasteiger partial charge on any atom is 0.352 e. The summed E-state index contributed by atoms with van der Waals surface area (Å²) in [5, 5.41) is 24.2. The number of carbonyl (C=O) groups is 3. The first-order valence-corrected chi connectivity index (χ1v) is 15.3. The van der Waals surface area contributed by atoms with Crippen LogP contribution in [0.5, 0.6) is 0 Å². The van der Waals surface area contributed by atoms with Gasteiger partial charge in [-0.05, 0) is 44.5 Å². The fourth-order valence-electron chi connectivity index (χ4n) is 4.10. The predicted molar refractivity (Wildman–Crippen MR) is 156 cm³/mol. The van der Waals surface area contributed by atoms with Gasteiger partial charge in [0.05, 0.1) is 6.61 Å².